The van der Waals surface area contributed by atoms with Crippen molar-refractivity contribution in [2.24, 2.45) is 0 Å². The number of nitriles is 1. The molecule has 0 bridgehead atoms. The van der Waals surface area contributed by atoms with Crippen LogP contribution in [0.1, 0.15) is 13.3 Å². The van der Waals surface area contributed by atoms with E-state index in [2.05, 4.69) is 0 Å². The normalized spacial score (nSPS) is 23.4. The van der Waals surface area contributed by atoms with Crippen molar-refractivity contribution < 1.29 is 14.7 Å². The van der Waals surface area contributed by atoms with Crippen molar-refractivity contribution >= 4 is 35.4 Å². The fraction of sp³-hybridized carbons (Fsp3) is 0.700. The van der Waals surface area contributed by atoms with Crippen LogP contribution >= 0.6 is 23.5 Å². The van der Waals surface area contributed by atoms with Gasteiger partial charge in [-0.05, 0) is 6.42 Å². The highest BCUT2D eigenvalue weighted by molar-refractivity contribution is 8.00. The number of hydrogen-bond donors (Lipinski definition) is 1. The molecule has 0 radical (unpaired) electrons. The van der Waals surface area contributed by atoms with Crippen molar-refractivity contribution in [3.05, 3.63) is 0 Å². The first-order chi connectivity index (χ1) is 8.11. The van der Waals surface area contributed by atoms with Crippen molar-refractivity contribution in [3.8, 4) is 6.07 Å². The van der Waals surface area contributed by atoms with E-state index in [9.17, 15) is 9.59 Å². The van der Waals surface area contributed by atoms with Gasteiger partial charge in [-0.2, -0.15) is 5.26 Å². The topological polar surface area (TPSA) is 81.4 Å². The largest absolute Gasteiger partial charge is 0.480 e. The predicted molar refractivity (Wildman–Crippen MR) is 67.7 cm³/mol. The molecule has 2 atom stereocenters. The Labute approximate surface area is 109 Å². The smallest absolute Gasteiger partial charge is 0.327 e. The van der Waals surface area contributed by atoms with Crippen LogP contribution in [-0.4, -0.2) is 50.6 Å². The van der Waals surface area contributed by atoms with Crippen LogP contribution in [0.15, 0.2) is 0 Å². The third-order valence-corrected chi connectivity index (χ3v) is 4.64. The molecule has 2 unspecified atom stereocenters. The van der Waals surface area contributed by atoms with E-state index in [1.807, 2.05) is 13.0 Å². The Morgan fingerprint density at radius 2 is 2.35 bits per heavy atom. The van der Waals surface area contributed by atoms with Gasteiger partial charge in [0.05, 0.1) is 22.9 Å². The van der Waals surface area contributed by atoms with Crippen molar-refractivity contribution in [2.75, 3.05) is 17.3 Å². The van der Waals surface area contributed by atoms with Gasteiger partial charge in [0.2, 0.25) is 5.91 Å². The van der Waals surface area contributed by atoms with Crippen molar-refractivity contribution in [1.82, 2.24) is 4.90 Å². The second-order valence-corrected chi connectivity index (χ2v) is 5.70. The van der Waals surface area contributed by atoms with Gasteiger partial charge in [-0.25, -0.2) is 4.79 Å². The lowest BCUT2D eigenvalue weighted by Gasteiger charge is -2.26. The molecule has 1 saturated heterocycles. The molecular formula is C10H14N2O3S2. The Hall–Kier alpha value is -0.870. The number of rotatable bonds is 5. The highest BCUT2D eigenvalue weighted by Gasteiger charge is 2.40. The second kappa shape index (κ2) is 6.77. The van der Waals surface area contributed by atoms with Crippen LogP contribution in [0.5, 0.6) is 0 Å². The molecule has 0 aromatic carbocycles. The Balaban J connectivity index is 2.65. The zero-order valence-electron chi connectivity index (χ0n) is 9.46. The fourth-order valence-corrected chi connectivity index (χ4v) is 3.55. The fourth-order valence-electron chi connectivity index (χ4n) is 1.66. The molecule has 1 rings (SSSR count). The summed E-state index contributed by atoms with van der Waals surface area (Å²) in [5.74, 6) is -0.264. The lowest BCUT2D eigenvalue weighted by atomic mass is 10.2. The summed E-state index contributed by atoms with van der Waals surface area (Å²) < 4.78 is 0. The molecule has 0 spiro atoms. The molecule has 0 aromatic rings. The SMILES string of the molecule is CCC1SCC(C(=O)O)N1C(=O)CSCC#N. The highest BCUT2D eigenvalue weighted by Crippen LogP contribution is 2.31. The summed E-state index contributed by atoms with van der Waals surface area (Å²) >= 11 is 2.72. The van der Waals surface area contributed by atoms with Gasteiger partial charge in [-0.3, -0.25) is 4.79 Å². The van der Waals surface area contributed by atoms with E-state index < -0.39 is 12.0 Å². The first kappa shape index (κ1) is 14.2. The van der Waals surface area contributed by atoms with Crippen molar-refractivity contribution in [2.45, 2.75) is 24.8 Å². The maximum Gasteiger partial charge on any atom is 0.327 e. The third-order valence-electron chi connectivity index (χ3n) is 2.41. The van der Waals surface area contributed by atoms with Crippen LogP contribution in [-0.2, 0) is 9.59 Å². The van der Waals surface area contributed by atoms with Crippen LogP contribution in [0.4, 0.5) is 0 Å². The number of nitrogens with zero attached hydrogens (tertiary/aromatic N) is 2. The van der Waals surface area contributed by atoms with Gasteiger partial charge < -0.3 is 10.0 Å². The second-order valence-electron chi connectivity index (χ2n) is 3.50. The lowest BCUT2D eigenvalue weighted by molar-refractivity contribution is -0.148. The predicted octanol–water partition coefficient (Wildman–Crippen LogP) is 1.01. The van der Waals surface area contributed by atoms with Crippen LogP contribution in [0, 0.1) is 11.3 Å². The van der Waals surface area contributed by atoms with Crippen LogP contribution in [0.3, 0.4) is 0 Å². The van der Waals surface area contributed by atoms with Crippen molar-refractivity contribution in [3.63, 3.8) is 0 Å². The zero-order chi connectivity index (χ0) is 12.8. The minimum absolute atomic E-state index is 0.0497. The van der Waals surface area contributed by atoms with Gasteiger partial charge in [-0.1, -0.05) is 6.92 Å². The molecule has 5 nitrogen and oxygen atoms in total. The van der Waals surface area contributed by atoms with E-state index >= 15 is 0 Å². The molecule has 1 amide bonds. The number of carbonyl (C=O) groups excluding carboxylic acids is 1. The Kier molecular flexibility index (Phi) is 5.65. The molecule has 94 valence electrons. The van der Waals surface area contributed by atoms with Crippen LogP contribution < -0.4 is 0 Å². The molecule has 0 saturated carbocycles. The molecule has 1 aliphatic heterocycles. The molecule has 1 N–H and O–H groups in total. The molecule has 1 fully saturated rings. The summed E-state index contributed by atoms with van der Waals surface area (Å²) in [6, 6.07) is 1.22. The molecule has 0 aromatic heterocycles. The minimum Gasteiger partial charge on any atom is -0.480 e. The van der Waals surface area contributed by atoms with E-state index in [-0.39, 0.29) is 22.8 Å². The molecule has 1 heterocycles. The standard InChI is InChI=1S/C10H14N2O3S2/c1-2-9-12(7(5-17-9)10(14)15)8(13)6-16-4-3-11/h7,9H,2,4-6H2,1H3,(H,14,15). The van der Waals surface area contributed by atoms with Gasteiger partial charge in [-0.15, -0.1) is 23.5 Å². The first-order valence-corrected chi connectivity index (χ1v) is 7.42. The van der Waals surface area contributed by atoms with E-state index in [1.165, 1.54) is 28.4 Å². The van der Waals surface area contributed by atoms with Crippen LogP contribution in [0.2, 0.25) is 0 Å². The summed E-state index contributed by atoms with van der Waals surface area (Å²) in [6.45, 7) is 1.94. The van der Waals surface area contributed by atoms with E-state index in [4.69, 9.17) is 10.4 Å². The van der Waals surface area contributed by atoms with E-state index in [0.717, 1.165) is 6.42 Å². The van der Waals surface area contributed by atoms with Gasteiger partial charge in [0.25, 0.3) is 0 Å². The van der Waals surface area contributed by atoms with E-state index in [0.29, 0.717) is 5.75 Å². The minimum atomic E-state index is -0.952. The summed E-state index contributed by atoms with van der Waals surface area (Å²) in [6.07, 6.45) is 0.739. The van der Waals surface area contributed by atoms with Crippen LogP contribution in [0.25, 0.3) is 0 Å². The van der Waals surface area contributed by atoms with Gasteiger partial charge in [0.15, 0.2) is 0 Å². The maximum absolute atomic E-state index is 11.9. The lowest BCUT2D eigenvalue weighted by Crippen LogP contribution is -2.46. The first-order valence-electron chi connectivity index (χ1n) is 5.22. The average Bonchev–Trinajstić information content (AvgIpc) is 2.72. The third kappa shape index (κ3) is 3.54. The average molecular weight is 274 g/mol. The number of amides is 1. The molecule has 17 heavy (non-hydrogen) atoms. The summed E-state index contributed by atoms with van der Waals surface area (Å²) in [5, 5.41) is 17.4. The van der Waals surface area contributed by atoms with Crippen molar-refractivity contribution in [1.29, 1.82) is 5.26 Å². The molecule has 0 aliphatic carbocycles. The maximum atomic E-state index is 11.9. The molecule has 7 heteroatoms. The quantitative estimate of drug-likeness (QED) is 0.753. The Bertz CT molecular complexity index is 343. The Morgan fingerprint density at radius 3 is 2.88 bits per heavy atom. The summed E-state index contributed by atoms with van der Waals surface area (Å²) in [5.41, 5.74) is 0. The number of carboxylic acid groups (broad SMARTS) is 1. The number of aliphatic carboxylic acids is 1. The van der Waals surface area contributed by atoms with Gasteiger partial charge in [0.1, 0.15) is 6.04 Å². The highest BCUT2D eigenvalue weighted by atomic mass is 32.2. The summed E-state index contributed by atoms with van der Waals surface area (Å²) in [7, 11) is 0. The van der Waals surface area contributed by atoms with Gasteiger partial charge in [0, 0.05) is 5.75 Å². The molecule has 1 aliphatic rings. The number of hydrogen-bond acceptors (Lipinski definition) is 5. The number of carbonyl (C=O) groups is 2. The monoisotopic (exact) mass is 274 g/mol. The van der Waals surface area contributed by atoms with Gasteiger partial charge >= 0.3 is 5.97 Å². The zero-order valence-corrected chi connectivity index (χ0v) is 11.1. The number of carboxylic acids is 1. The van der Waals surface area contributed by atoms with E-state index in [1.54, 1.807) is 0 Å². The number of thioether (sulfide) groups is 2. The summed E-state index contributed by atoms with van der Waals surface area (Å²) in [4.78, 5) is 24.4. The molecular weight excluding hydrogens is 260 g/mol. The Morgan fingerprint density at radius 1 is 1.65 bits per heavy atom.